The second-order valence-electron chi connectivity index (χ2n) is 5.25. The third-order valence-electron chi connectivity index (χ3n) is 3.95. The molecule has 0 amide bonds. The molecule has 1 aliphatic heterocycles. The molecule has 0 radical (unpaired) electrons. The van der Waals surface area contributed by atoms with Gasteiger partial charge in [0.15, 0.2) is 0 Å². The van der Waals surface area contributed by atoms with E-state index in [4.69, 9.17) is 11.6 Å². The zero-order valence-corrected chi connectivity index (χ0v) is 13.3. The Balaban J connectivity index is 2.03. The molecule has 1 aromatic carbocycles. The van der Waals surface area contributed by atoms with Crippen LogP contribution in [0.15, 0.2) is 47.5 Å². The molecular formula is C15H17ClN2O2S. The third-order valence-corrected chi connectivity index (χ3v) is 6.36. The molecule has 112 valence electrons. The Labute approximate surface area is 130 Å². The molecule has 2 heterocycles. The maximum Gasteiger partial charge on any atom is 0.245 e. The van der Waals surface area contributed by atoms with Gasteiger partial charge in [0.25, 0.3) is 0 Å². The molecule has 1 aromatic heterocycles. The highest BCUT2D eigenvalue weighted by atomic mass is 35.5. The summed E-state index contributed by atoms with van der Waals surface area (Å²) >= 11 is 6.08. The number of benzene rings is 1. The first kappa shape index (κ1) is 14.6. The van der Waals surface area contributed by atoms with Crippen molar-refractivity contribution in [3.63, 3.8) is 0 Å². The fraction of sp³-hybridized carbons (Fsp3) is 0.333. The molecule has 1 aliphatic rings. The van der Waals surface area contributed by atoms with Crippen LogP contribution >= 0.6 is 11.6 Å². The van der Waals surface area contributed by atoms with Crippen LogP contribution in [0.5, 0.6) is 0 Å². The summed E-state index contributed by atoms with van der Waals surface area (Å²) in [6, 6.07) is 10.4. The van der Waals surface area contributed by atoms with Gasteiger partial charge in [-0.15, -0.1) is 0 Å². The molecular weight excluding hydrogens is 308 g/mol. The summed E-state index contributed by atoms with van der Waals surface area (Å²) in [5.74, 6) is 0. The smallest absolute Gasteiger partial charge is 0.245 e. The molecule has 0 spiro atoms. The summed E-state index contributed by atoms with van der Waals surface area (Å²) in [6.07, 6.45) is 3.63. The van der Waals surface area contributed by atoms with Gasteiger partial charge in [0.1, 0.15) is 4.90 Å². The molecule has 4 nitrogen and oxygen atoms in total. The number of halogens is 1. The lowest BCUT2D eigenvalue weighted by Gasteiger charge is -2.25. The first-order valence-electron chi connectivity index (χ1n) is 6.89. The highest BCUT2D eigenvalue weighted by molar-refractivity contribution is 7.89. The lowest BCUT2D eigenvalue weighted by Crippen LogP contribution is -2.31. The SMILES string of the molecule is Cn1cccc1[C@H]1CCCN1S(=O)(=O)c1ccccc1Cl. The van der Waals surface area contributed by atoms with Gasteiger partial charge in [-0.3, -0.25) is 0 Å². The van der Waals surface area contributed by atoms with Crippen LogP contribution in [0.2, 0.25) is 5.02 Å². The molecule has 0 N–H and O–H groups in total. The van der Waals surface area contributed by atoms with E-state index in [2.05, 4.69) is 0 Å². The lowest BCUT2D eigenvalue weighted by atomic mass is 10.1. The van der Waals surface area contributed by atoms with Crippen LogP contribution < -0.4 is 0 Å². The van der Waals surface area contributed by atoms with Gasteiger partial charge in [-0.2, -0.15) is 4.31 Å². The van der Waals surface area contributed by atoms with Gasteiger partial charge in [0, 0.05) is 25.5 Å². The summed E-state index contributed by atoms with van der Waals surface area (Å²) in [5, 5.41) is 0.273. The number of nitrogens with zero attached hydrogens (tertiary/aromatic N) is 2. The Hall–Kier alpha value is -1.30. The Morgan fingerprint density at radius 2 is 1.95 bits per heavy atom. The van der Waals surface area contributed by atoms with Crippen molar-refractivity contribution in [1.82, 2.24) is 8.87 Å². The summed E-state index contributed by atoms with van der Waals surface area (Å²) in [5.41, 5.74) is 1.02. The number of aromatic nitrogens is 1. The van der Waals surface area contributed by atoms with E-state index in [0.717, 1.165) is 18.5 Å². The predicted molar refractivity (Wildman–Crippen MR) is 82.7 cm³/mol. The molecule has 0 aliphatic carbocycles. The minimum Gasteiger partial charge on any atom is -0.353 e. The topological polar surface area (TPSA) is 42.3 Å². The van der Waals surface area contributed by atoms with E-state index in [1.54, 1.807) is 28.6 Å². The maximum atomic E-state index is 12.9. The van der Waals surface area contributed by atoms with Crippen molar-refractivity contribution in [1.29, 1.82) is 0 Å². The molecule has 1 atom stereocenters. The van der Waals surface area contributed by atoms with Crippen LogP contribution in [0.25, 0.3) is 0 Å². The number of hydrogen-bond donors (Lipinski definition) is 0. The summed E-state index contributed by atoms with van der Waals surface area (Å²) in [7, 11) is -1.63. The van der Waals surface area contributed by atoms with E-state index in [-0.39, 0.29) is 16.0 Å². The van der Waals surface area contributed by atoms with Gasteiger partial charge in [0.2, 0.25) is 10.0 Å². The maximum absolute atomic E-state index is 12.9. The number of sulfonamides is 1. The van der Waals surface area contributed by atoms with E-state index in [1.807, 2.05) is 29.9 Å². The van der Waals surface area contributed by atoms with Crippen LogP contribution in [-0.2, 0) is 17.1 Å². The van der Waals surface area contributed by atoms with Crippen molar-refractivity contribution in [2.45, 2.75) is 23.8 Å². The fourth-order valence-electron chi connectivity index (χ4n) is 2.92. The first-order chi connectivity index (χ1) is 10.0. The zero-order valence-electron chi connectivity index (χ0n) is 11.7. The van der Waals surface area contributed by atoms with Crippen LogP contribution in [0.4, 0.5) is 0 Å². The molecule has 1 saturated heterocycles. The van der Waals surface area contributed by atoms with Gasteiger partial charge in [-0.1, -0.05) is 23.7 Å². The third kappa shape index (κ3) is 2.50. The molecule has 3 rings (SSSR count). The number of hydrogen-bond acceptors (Lipinski definition) is 2. The molecule has 2 aromatic rings. The van der Waals surface area contributed by atoms with Crippen LogP contribution in [0.3, 0.4) is 0 Å². The first-order valence-corrected chi connectivity index (χ1v) is 8.71. The van der Waals surface area contributed by atoms with Crippen LogP contribution in [-0.4, -0.2) is 23.8 Å². The van der Waals surface area contributed by atoms with Crippen molar-refractivity contribution in [2.75, 3.05) is 6.54 Å². The van der Waals surface area contributed by atoms with Crippen molar-refractivity contribution in [3.05, 3.63) is 53.3 Å². The molecule has 1 fully saturated rings. The number of rotatable bonds is 3. The van der Waals surface area contributed by atoms with E-state index in [9.17, 15) is 8.42 Å². The van der Waals surface area contributed by atoms with Crippen molar-refractivity contribution < 1.29 is 8.42 Å². The monoisotopic (exact) mass is 324 g/mol. The van der Waals surface area contributed by atoms with E-state index < -0.39 is 10.0 Å². The van der Waals surface area contributed by atoms with Crippen molar-refractivity contribution >= 4 is 21.6 Å². The van der Waals surface area contributed by atoms with Gasteiger partial charge < -0.3 is 4.57 Å². The highest BCUT2D eigenvalue weighted by Crippen LogP contribution is 2.37. The summed E-state index contributed by atoms with van der Waals surface area (Å²) < 4.78 is 29.4. The zero-order chi connectivity index (χ0) is 15.0. The van der Waals surface area contributed by atoms with E-state index in [0.29, 0.717) is 6.54 Å². The Morgan fingerprint density at radius 1 is 1.19 bits per heavy atom. The van der Waals surface area contributed by atoms with Crippen LogP contribution in [0, 0.1) is 0 Å². The average molecular weight is 325 g/mol. The minimum atomic E-state index is -3.57. The summed E-state index contributed by atoms with van der Waals surface area (Å²) in [4.78, 5) is 0.188. The van der Waals surface area contributed by atoms with E-state index >= 15 is 0 Å². The summed E-state index contributed by atoms with van der Waals surface area (Å²) in [6.45, 7) is 0.531. The van der Waals surface area contributed by atoms with Gasteiger partial charge in [0.05, 0.1) is 11.1 Å². The van der Waals surface area contributed by atoms with Crippen molar-refractivity contribution in [3.8, 4) is 0 Å². The quantitative estimate of drug-likeness (QED) is 0.870. The van der Waals surface area contributed by atoms with Gasteiger partial charge in [-0.25, -0.2) is 8.42 Å². The number of aryl methyl sites for hydroxylation is 1. The second-order valence-corrected chi connectivity index (χ2v) is 7.51. The fourth-order valence-corrected chi connectivity index (χ4v) is 5.09. The molecule has 0 unspecified atom stereocenters. The van der Waals surface area contributed by atoms with E-state index in [1.165, 1.54) is 0 Å². The Morgan fingerprint density at radius 3 is 2.62 bits per heavy atom. The highest BCUT2D eigenvalue weighted by Gasteiger charge is 2.37. The van der Waals surface area contributed by atoms with Gasteiger partial charge in [-0.05, 0) is 37.1 Å². The largest absolute Gasteiger partial charge is 0.353 e. The van der Waals surface area contributed by atoms with Crippen molar-refractivity contribution in [2.24, 2.45) is 7.05 Å². The molecule has 0 saturated carbocycles. The second kappa shape index (κ2) is 5.48. The molecule has 6 heteroatoms. The Bertz CT molecular complexity index is 755. The Kier molecular flexibility index (Phi) is 3.82. The molecule has 21 heavy (non-hydrogen) atoms. The lowest BCUT2D eigenvalue weighted by molar-refractivity contribution is 0.384. The van der Waals surface area contributed by atoms with Gasteiger partial charge >= 0.3 is 0 Å². The predicted octanol–water partition coefficient (Wildman–Crippen LogP) is 3.20. The average Bonchev–Trinajstić information content (AvgIpc) is 3.07. The minimum absolute atomic E-state index is 0.119. The standard InChI is InChI=1S/C15H17ClN2O2S/c1-17-10-4-7-13(17)14-8-5-11-18(14)21(19,20)15-9-3-2-6-12(15)16/h2-4,6-7,9-10,14H,5,8,11H2,1H3/t14-/m1/s1. The molecule has 0 bridgehead atoms. The normalized spacial score (nSPS) is 20.0. The van der Waals surface area contributed by atoms with Crippen LogP contribution in [0.1, 0.15) is 24.6 Å².